The summed E-state index contributed by atoms with van der Waals surface area (Å²) in [5, 5.41) is 3.22. The minimum atomic E-state index is -0.808. The Hall–Kier alpha value is -1.56. The lowest BCUT2D eigenvalue weighted by molar-refractivity contribution is 0.0602. The van der Waals surface area contributed by atoms with Gasteiger partial charge in [0.1, 0.15) is 0 Å². The second-order valence-corrected chi connectivity index (χ2v) is 5.92. The number of rotatable bonds is 6. The molecular formula is C13H20N2O3S. The van der Waals surface area contributed by atoms with Gasteiger partial charge in [-0.15, -0.1) is 0 Å². The van der Waals surface area contributed by atoms with Crippen molar-refractivity contribution in [1.29, 1.82) is 0 Å². The van der Waals surface area contributed by atoms with Crippen molar-refractivity contribution in [1.82, 2.24) is 0 Å². The maximum absolute atomic E-state index is 11.5. The number of carbonyl (C=O) groups excluding carboxylic acids is 1. The molecule has 19 heavy (non-hydrogen) atoms. The molecule has 5 nitrogen and oxygen atoms in total. The van der Waals surface area contributed by atoms with E-state index in [4.69, 9.17) is 5.73 Å². The van der Waals surface area contributed by atoms with Crippen molar-refractivity contribution in [2.24, 2.45) is 0 Å². The fourth-order valence-corrected chi connectivity index (χ4v) is 2.34. The van der Waals surface area contributed by atoms with E-state index in [-0.39, 0.29) is 6.04 Å². The van der Waals surface area contributed by atoms with E-state index in [0.717, 1.165) is 6.42 Å². The van der Waals surface area contributed by atoms with Gasteiger partial charge in [0.15, 0.2) is 0 Å². The van der Waals surface area contributed by atoms with Crippen molar-refractivity contribution in [3.8, 4) is 0 Å². The molecule has 0 bridgehead atoms. The Balaban J connectivity index is 2.78. The summed E-state index contributed by atoms with van der Waals surface area (Å²) >= 11 is 0. The summed E-state index contributed by atoms with van der Waals surface area (Å²) < 4.78 is 15.7. The summed E-state index contributed by atoms with van der Waals surface area (Å²) in [6, 6.07) is 5.30. The fourth-order valence-electron chi connectivity index (χ4n) is 1.66. The maximum Gasteiger partial charge on any atom is 0.340 e. The molecule has 0 saturated heterocycles. The molecule has 106 valence electrons. The van der Waals surface area contributed by atoms with E-state index >= 15 is 0 Å². The molecule has 0 aliphatic rings. The molecule has 1 rings (SSSR count). The minimum Gasteiger partial charge on any atom is -0.465 e. The Labute approximate surface area is 116 Å². The quantitative estimate of drug-likeness (QED) is 0.613. The average Bonchev–Trinajstić information content (AvgIpc) is 2.38. The number of anilines is 2. The third-order valence-corrected chi connectivity index (χ3v) is 3.56. The molecule has 0 spiro atoms. The summed E-state index contributed by atoms with van der Waals surface area (Å²) in [6.07, 6.45) is 2.45. The highest BCUT2D eigenvalue weighted by Gasteiger charge is 2.13. The summed E-state index contributed by atoms with van der Waals surface area (Å²) in [5.74, 6) is 0.175. The van der Waals surface area contributed by atoms with Gasteiger partial charge in [0, 0.05) is 28.9 Å². The number of hydrogen-bond donors (Lipinski definition) is 2. The number of carbonyl (C=O) groups is 1. The van der Waals surface area contributed by atoms with Crippen molar-refractivity contribution in [3.05, 3.63) is 23.8 Å². The maximum atomic E-state index is 11.5. The SMILES string of the molecule is COC(=O)c1cccc(NC(C)CCS(C)=O)c1N. The van der Waals surface area contributed by atoms with E-state index in [1.807, 2.05) is 6.92 Å². The molecular weight excluding hydrogens is 264 g/mol. The molecule has 1 aromatic carbocycles. The Bertz CT molecular complexity index is 477. The minimum absolute atomic E-state index is 0.124. The second-order valence-electron chi connectivity index (χ2n) is 4.37. The van der Waals surface area contributed by atoms with Crippen LogP contribution in [-0.2, 0) is 15.5 Å². The van der Waals surface area contributed by atoms with Crippen LogP contribution in [0, 0.1) is 0 Å². The Morgan fingerprint density at radius 2 is 2.21 bits per heavy atom. The normalized spacial score (nSPS) is 13.6. The Morgan fingerprint density at radius 3 is 2.79 bits per heavy atom. The van der Waals surface area contributed by atoms with Crippen LogP contribution in [0.15, 0.2) is 18.2 Å². The van der Waals surface area contributed by atoms with Crippen LogP contribution in [0.25, 0.3) is 0 Å². The van der Waals surface area contributed by atoms with Crippen molar-refractivity contribution in [2.75, 3.05) is 30.2 Å². The highest BCUT2D eigenvalue weighted by Crippen LogP contribution is 2.24. The molecule has 0 amide bonds. The smallest absolute Gasteiger partial charge is 0.340 e. The lowest BCUT2D eigenvalue weighted by Crippen LogP contribution is -2.19. The molecule has 6 heteroatoms. The van der Waals surface area contributed by atoms with Gasteiger partial charge in [0.25, 0.3) is 0 Å². The van der Waals surface area contributed by atoms with Crippen LogP contribution < -0.4 is 11.1 Å². The fraction of sp³-hybridized carbons (Fsp3) is 0.462. The topological polar surface area (TPSA) is 81.4 Å². The van der Waals surface area contributed by atoms with E-state index in [2.05, 4.69) is 10.1 Å². The Morgan fingerprint density at radius 1 is 1.53 bits per heavy atom. The molecule has 0 fully saturated rings. The number of nitrogens with two attached hydrogens (primary N) is 1. The summed E-state index contributed by atoms with van der Waals surface area (Å²) in [7, 11) is 0.512. The number of para-hydroxylation sites is 1. The van der Waals surface area contributed by atoms with Gasteiger partial charge in [-0.2, -0.15) is 0 Å². The zero-order valence-electron chi connectivity index (χ0n) is 11.4. The van der Waals surface area contributed by atoms with E-state index < -0.39 is 16.8 Å². The molecule has 0 aliphatic heterocycles. The lowest BCUT2D eigenvalue weighted by atomic mass is 10.1. The van der Waals surface area contributed by atoms with Crippen LogP contribution in [0.4, 0.5) is 11.4 Å². The highest BCUT2D eigenvalue weighted by molar-refractivity contribution is 7.84. The first-order valence-corrected chi connectivity index (χ1v) is 7.71. The number of hydrogen-bond acceptors (Lipinski definition) is 5. The van der Waals surface area contributed by atoms with Crippen LogP contribution in [0.2, 0.25) is 0 Å². The van der Waals surface area contributed by atoms with Crippen LogP contribution in [-0.4, -0.2) is 35.3 Å². The molecule has 2 atom stereocenters. The monoisotopic (exact) mass is 284 g/mol. The molecule has 3 N–H and O–H groups in total. The largest absolute Gasteiger partial charge is 0.465 e. The third-order valence-electron chi connectivity index (χ3n) is 2.75. The highest BCUT2D eigenvalue weighted by atomic mass is 32.2. The first-order valence-electron chi connectivity index (χ1n) is 5.99. The number of nitrogen functional groups attached to an aromatic ring is 1. The molecule has 0 saturated carbocycles. The predicted molar refractivity (Wildman–Crippen MR) is 78.8 cm³/mol. The van der Waals surface area contributed by atoms with Crippen molar-refractivity contribution < 1.29 is 13.7 Å². The Kier molecular flexibility index (Phi) is 5.82. The zero-order valence-corrected chi connectivity index (χ0v) is 12.3. The van der Waals surface area contributed by atoms with E-state index in [1.165, 1.54) is 7.11 Å². The van der Waals surface area contributed by atoms with Gasteiger partial charge in [-0.25, -0.2) is 4.79 Å². The first kappa shape index (κ1) is 15.5. The van der Waals surface area contributed by atoms with Gasteiger partial charge in [0.2, 0.25) is 0 Å². The molecule has 1 aromatic rings. The van der Waals surface area contributed by atoms with E-state index in [1.54, 1.807) is 24.5 Å². The summed E-state index contributed by atoms with van der Waals surface area (Å²) in [6.45, 7) is 1.98. The first-order chi connectivity index (χ1) is 8.95. The van der Waals surface area contributed by atoms with Gasteiger partial charge in [-0.1, -0.05) is 6.07 Å². The van der Waals surface area contributed by atoms with Gasteiger partial charge in [0.05, 0.1) is 24.0 Å². The predicted octanol–water partition coefficient (Wildman–Crippen LogP) is 1.62. The zero-order chi connectivity index (χ0) is 14.4. The van der Waals surface area contributed by atoms with Gasteiger partial charge in [-0.3, -0.25) is 4.21 Å². The van der Waals surface area contributed by atoms with Crippen LogP contribution in [0.5, 0.6) is 0 Å². The number of nitrogens with one attached hydrogen (secondary N) is 1. The molecule has 0 heterocycles. The van der Waals surface area contributed by atoms with Gasteiger partial charge in [-0.05, 0) is 25.5 Å². The van der Waals surface area contributed by atoms with Crippen LogP contribution in [0.3, 0.4) is 0 Å². The van der Waals surface area contributed by atoms with Crippen molar-refractivity contribution in [3.63, 3.8) is 0 Å². The molecule has 0 aromatic heterocycles. The van der Waals surface area contributed by atoms with Gasteiger partial charge >= 0.3 is 5.97 Å². The standard InChI is InChI=1S/C13H20N2O3S/c1-9(7-8-19(3)17)15-11-6-4-5-10(12(11)14)13(16)18-2/h4-6,9,15H,7-8,14H2,1-3H3. The van der Waals surface area contributed by atoms with Gasteiger partial charge < -0.3 is 15.8 Å². The van der Waals surface area contributed by atoms with Crippen molar-refractivity contribution >= 4 is 28.1 Å². The number of benzene rings is 1. The van der Waals surface area contributed by atoms with Crippen LogP contribution in [0.1, 0.15) is 23.7 Å². The van der Waals surface area contributed by atoms with E-state index in [0.29, 0.717) is 22.7 Å². The average molecular weight is 284 g/mol. The number of ether oxygens (including phenoxy) is 1. The van der Waals surface area contributed by atoms with E-state index in [9.17, 15) is 9.00 Å². The van der Waals surface area contributed by atoms with Crippen LogP contribution >= 0.6 is 0 Å². The third kappa shape index (κ3) is 4.55. The number of esters is 1. The molecule has 0 aliphatic carbocycles. The lowest BCUT2D eigenvalue weighted by Gasteiger charge is -2.17. The van der Waals surface area contributed by atoms with Crippen molar-refractivity contribution in [2.45, 2.75) is 19.4 Å². The second kappa shape index (κ2) is 7.13. The molecule has 0 radical (unpaired) electrons. The molecule has 2 unspecified atom stereocenters. The number of methoxy groups -OCH3 is 1. The summed E-state index contributed by atoms with van der Waals surface area (Å²) in [4.78, 5) is 11.5. The summed E-state index contributed by atoms with van der Waals surface area (Å²) in [5.41, 5.74) is 7.35.